The summed E-state index contributed by atoms with van der Waals surface area (Å²) in [5.41, 5.74) is 0. The summed E-state index contributed by atoms with van der Waals surface area (Å²) in [5.74, 6) is -0.415. The van der Waals surface area contributed by atoms with Gasteiger partial charge >= 0.3 is 11.9 Å². The summed E-state index contributed by atoms with van der Waals surface area (Å²) in [7, 11) is 0. The molecule has 0 saturated heterocycles. The Morgan fingerprint density at radius 2 is 1.85 bits per heavy atom. The Kier molecular flexibility index (Phi) is 5.41. The minimum atomic E-state index is -0.462. The summed E-state index contributed by atoms with van der Waals surface area (Å²) in [4.78, 5) is 23.2. The largest absolute Gasteiger partial charge is 0.462 e. The number of rotatable bonds is 5. The monoisotopic (exact) mass is 296 g/mol. The molecular weight excluding hydrogens is 280 g/mol. The van der Waals surface area contributed by atoms with Crippen LogP contribution < -0.4 is 4.74 Å². The highest BCUT2D eigenvalue weighted by Crippen LogP contribution is 2.21. The molecule has 5 heteroatoms. The summed E-state index contributed by atoms with van der Waals surface area (Å²) in [5, 5.41) is 0.496. The lowest BCUT2D eigenvalue weighted by molar-refractivity contribution is -0.151. The van der Waals surface area contributed by atoms with Gasteiger partial charge in [-0.2, -0.15) is 0 Å². The number of ether oxygens (including phenoxy) is 2. The molecule has 0 atom stereocenters. The lowest BCUT2D eigenvalue weighted by Gasteiger charge is -2.10. The number of carbonyl (C=O) groups excluding carboxylic acids is 2. The molecule has 1 saturated carbocycles. The maximum absolute atomic E-state index is 11.6. The van der Waals surface area contributed by atoms with Gasteiger partial charge in [0.2, 0.25) is 0 Å². The fourth-order valence-electron chi connectivity index (χ4n) is 2.17. The minimum Gasteiger partial charge on any atom is -0.462 e. The van der Waals surface area contributed by atoms with Crippen molar-refractivity contribution in [1.82, 2.24) is 0 Å². The van der Waals surface area contributed by atoms with Gasteiger partial charge in [-0.3, -0.25) is 9.59 Å². The third kappa shape index (κ3) is 4.85. The number of esters is 2. The maximum atomic E-state index is 11.6. The Hall–Kier alpha value is -1.55. The fourth-order valence-corrected chi connectivity index (χ4v) is 2.35. The molecule has 0 bridgehead atoms. The van der Waals surface area contributed by atoms with Gasteiger partial charge in [0.15, 0.2) is 0 Å². The molecule has 0 N–H and O–H groups in total. The van der Waals surface area contributed by atoms with Gasteiger partial charge in [0.25, 0.3) is 0 Å². The van der Waals surface area contributed by atoms with Crippen LogP contribution >= 0.6 is 11.6 Å². The quantitative estimate of drug-likeness (QED) is 0.616. The Morgan fingerprint density at radius 3 is 2.55 bits per heavy atom. The van der Waals surface area contributed by atoms with Gasteiger partial charge in [-0.05, 0) is 43.9 Å². The van der Waals surface area contributed by atoms with E-state index in [1.54, 1.807) is 24.3 Å². The van der Waals surface area contributed by atoms with Crippen LogP contribution in [0.15, 0.2) is 24.3 Å². The van der Waals surface area contributed by atoms with E-state index in [0.717, 1.165) is 25.7 Å². The molecule has 0 unspecified atom stereocenters. The van der Waals surface area contributed by atoms with Crippen LogP contribution in [0, 0.1) is 0 Å². The van der Waals surface area contributed by atoms with Gasteiger partial charge < -0.3 is 9.47 Å². The number of halogens is 1. The van der Waals surface area contributed by atoms with Crippen LogP contribution in [-0.2, 0) is 14.3 Å². The average molecular weight is 297 g/mol. The Labute approximate surface area is 123 Å². The minimum absolute atomic E-state index is 0.0120. The Bertz CT molecular complexity index is 481. The topological polar surface area (TPSA) is 52.6 Å². The number of carbonyl (C=O) groups is 2. The molecule has 0 radical (unpaired) electrons. The SMILES string of the molecule is O=C(CCC(=O)OC1CCCC1)Oc1cccc(Cl)c1. The second-order valence-electron chi connectivity index (χ2n) is 4.83. The van der Waals surface area contributed by atoms with E-state index in [1.165, 1.54) is 0 Å². The lowest BCUT2D eigenvalue weighted by atomic mass is 10.3. The standard InChI is InChI=1S/C15H17ClO4/c16-11-4-3-7-13(10-11)20-15(18)9-8-14(17)19-12-5-1-2-6-12/h3-4,7,10,12H,1-2,5-6,8-9H2. The first-order chi connectivity index (χ1) is 9.63. The zero-order chi connectivity index (χ0) is 14.4. The summed E-state index contributed by atoms with van der Waals surface area (Å²) in [6.45, 7) is 0. The first kappa shape index (κ1) is 14.9. The molecule has 4 nitrogen and oxygen atoms in total. The van der Waals surface area contributed by atoms with E-state index in [0.29, 0.717) is 10.8 Å². The van der Waals surface area contributed by atoms with E-state index >= 15 is 0 Å². The van der Waals surface area contributed by atoms with Crippen molar-refractivity contribution in [2.75, 3.05) is 0 Å². The predicted octanol–water partition coefficient (Wildman–Crippen LogP) is 3.51. The molecule has 20 heavy (non-hydrogen) atoms. The second-order valence-corrected chi connectivity index (χ2v) is 5.26. The number of benzene rings is 1. The maximum Gasteiger partial charge on any atom is 0.311 e. The molecular formula is C15H17ClO4. The van der Waals surface area contributed by atoms with Crippen molar-refractivity contribution >= 4 is 23.5 Å². The van der Waals surface area contributed by atoms with Crippen LogP contribution in [0.2, 0.25) is 5.02 Å². The molecule has 1 aliphatic rings. The van der Waals surface area contributed by atoms with Crippen molar-refractivity contribution in [3.05, 3.63) is 29.3 Å². The summed E-state index contributed by atoms with van der Waals surface area (Å²) >= 11 is 5.79. The fraction of sp³-hybridized carbons (Fsp3) is 0.467. The predicted molar refractivity (Wildman–Crippen MR) is 74.7 cm³/mol. The van der Waals surface area contributed by atoms with Crippen LogP contribution in [0.4, 0.5) is 0 Å². The smallest absolute Gasteiger partial charge is 0.311 e. The third-order valence-corrected chi connectivity index (χ3v) is 3.40. The van der Waals surface area contributed by atoms with E-state index in [1.807, 2.05) is 0 Å². The van der Waals surface area contributed by atoms with Gasteiger partial charge in [0.05, 0.1) is 12.8 Å². The molecule has 0 amide bonds. The van der Waals surface area contributed by atoms with Crippen LogP contribution in [0.1, 0.15) is 38.5 Å². The lowest BCUT2D eigenvalue weighted by Crippen LogP contribution is -2.17. The highest BCUT2D eigenvalue weighted by Gasteiger charge is 2.19. The van der Waals surface area contributed by atoms with Crippen molar-refractivity contribution in [2.45, 2.75) is 44.6 Å². The van der Waals surface area contributed by atoms with Gasteiger partial charge in [0, 0.05) is 5.02 Å². The molecule has 0 spiro atoms. The van der Waals surface area contributed by atoms with Crippen molar-refractivity contribution in [2.24, 2.45) is 0 Å². The second kappa shape index (κ2) is 7.29. The third-order valence-electron chi connectivity index (χ3n) is 3.16. The first-order valence-corrected chi connectivity index (χ1v) is 7.17. The molecule has 2 rings (SSSR count). The highest BCUT2D eigenvalue weighted by atomic mass is 35.5. The highest BCUT2D eigenvalue weighted by molar-refractivity contribution is 6.30. The molecule has 1 aromatic rings. The molecule has 1 fully saturated rings. The van der Waals surface area contributed by atoms with Crippen molar-refractivity contribution in [3.63, 3.8) is 0 Å². The molecule has 0 aromatic heterocycles. The van der Waals surface area contributed by atoms with Crippen molar-refractivity contribution in [3.8, 4) is 5.75 Å². The first-order valence-electron chi connectivity index (χ1n) is 6.79. The average Bonchev–Trinajstić information content (AvgIpc) is 2.89. The molecule has 108 valence electrons. The summed E-state index contributed by atoms with van der Waals surface area (Å²) in [6, 6.07) is 6.58. The van der Waals surface area contributed by atoms with E-state index in [2.05, 4.69) is 0 Å². The van der Waals surface area contributed by atoms with Crippen LogP contribution in [0.3, 0.4) is 0 Å². The zero-order valence-corrected chi connectivity index (χ0v) is 11.9. The van der Waals surface area contributed by atoms with Gasteiger partial charge in [-0.25, -0.2) is 0 Å². The molecule has 0 aliphatic heterocycles. The van der Waals surface area contributed by atoms with Crippen LogP contribution in [0.25, 0.3) is 0 Å². The Balaban J connectivity index is 1.70. The zero-order valence-electron chi connectivity index (χ0n) is 11.1. The summed E-state index contributed by atoms with van der Waals surface area (Å²) in [6.07, 6.45) is 4.17. The normalized spacial score (nSPS) is 15.1. The van der Waals surface area contributed by atoms with E-state index in [4.69, 9.17) is 21.1 Å². The Morgan fingerprint density at radius 1 is 1.15 bits per heavy atom. The van der Waals surface area contributed by atoms with Crippen LogP contribution in [0.5, 0.6) is 5.75 Å². The van der Waals surface area contributed by atoms with Crippen LogP contribution in [-0.4, -0.2) is 18.0 Å². The van der Waals surface area contributed by atoms with E-state index in [-0.39, 0.29) is 24.9 Å². The number of hydrogen-bond donors (Lipinski definition) is 0. The van der Waals surface area contributed by atoms with Gasteiger partial charge in [-0.15, -0.1) is 0 Å². The molecule has 1 aromatic carbocycles. The van der Waals surface area contributed by atoms with Crippen molar-refractivity contribution < 1.29 is 19.1 Å². The van der Waals surface area contributed by atoms with E-state index in [9.17, 15) is 9.59 Å². The summed E-state index contributed by atoms with van der Waals surface area (Å²) < 4.78 is 10.3. The molecule has 1 aliphatic carbocycles. The molecule has 0 heterocycles. The van der Waals surface area contributed by atoms with Crippen molar-refractivity contribution in [1.29, 1.82) is 0 Å². The number of hydrogen-bond acceptors (Lipinski definition) is 4. The van der Waals surface area contributed by atoms with Gasteiger partial charge in [-0.1, -0.05) is 17.7 Å². The van der Waals surface area contributed by atoms with E-state index < -0.39 is 5.97 Å². The van der Waals surface area contributed by atoms with Gasteiger partial charge in [0.1, 0.15) is 11.9 Å².